The van der Waals surface area contributed by atoms with Crippen molar-refractivity contribution in [2.24, 2.45) is 20.0 Å². The smallest absolute Gasteiger partial charge is 0.178 e. The van der Waals surface area contributed by atoms with E-state index in [1.54, 1.807) is 6.21 Å². The van der Waals surface area contributed by atoms with Crippen LogP contribution in [0, 0.1) is 0 Å². The summed E-state index contributed by atoms with van der Waals surface area (Å²) < 4.78 is 0. The normalized spacial score (nSPS) is 27.9. The van der Waals surface area contributed by atoms with Gasteiger partial charge in [-0.05, 0) is 6.92 Å². The first kappa shape index (κ1) is 5.46. The molecule has 2 aliphatic heterocycles. The molecule has 1 unspecified atom stereocenters. The van der Waals surface area contributed by atoms with Gasteiger partial charge in [0.05, 0.1) is 6.21 Å². The quantitative estimate of drug-likeness (QED) is 0.457. The summed E-state index contributed by atoms with van der Waals surface area (Å²) in [6.45, 7) is 1.91. The third kappa shape index (κ3) is 0.689. The zero-order chi connectivity index (χ0) is 6.97. The number of nitrogens with zero attached hydrogens (tertiary/aromatic N) is 4. The maximum absolute atomic E-state index is 4.13. The van der Waals surface area contributed by atoms with Crippen LogP contribution < -0.4 is 0 Å². The monoisotopic (exact) mass is 134 g/mol. The molecular weight excluding hydrogens is 128 g/mol. The van der Waals surface area contributed by atoms with Gasteiger partial charge in [-0.15, -0.1) is 0 Å². The first-order valence-electron chi connectivity index (χ1n) is 3.08. The first-order valence-corrected chi connectivity index (χ1v) is 3.08. The fourth-order valence-electron chi connectivity index (χ4n) is 0.849. The van der Waals surface area contributed by atoms with Crippen LogP contribution in [0.2, 0.25) is 0 Å². The zero-order valence-electron chi connectivity index (χ0n) is 5.52. The average Bonchev–Trinajstić information content (AvgIpc) is 2.33. The Morgan fingerprint density at radius 3 is 3.30 bits per heavy atom. The molecule has 0 bridgehead atoms. The highest BCUT2D eigenvalue weighted by atomic mass is 15.1. The van der Waals surface area contributed by atoms with Gasteiger partial charge in [-0.3, -0.25) is 4.99 Å². The van der Waals surface area contributed by atoms with Crippen molar-refractivity contribution in [2.45, 2.75) is 13.1 Å². The van der Waals surface area contributed by atoms with Crippen LogP contribution in [0.1, 0.15) is 6.92 Å². The van der Waals surface area contributed by atoms with Gasteiger partial charge in [-0.1, -0.05) is 0 Å². The molecule has 0 radical (unpaired) electrons. The number of fused-ring (bicyclic) bond motifs is 1. The second kappa shape index (κ2) is 1.83. The lowest BCUT2D eigenvalue weighted by Crippen LogP contribution is -2.18. The predicted octanol–water partition coefficient (Wildman–Crippen LogP) is 0.298. The van der Waals surface area contributed by atoms with Crippen LogP contribution in [-0.4, -0.2) is 30.3 Å². The average molecular weight is 134 g/mol. The highest BCUT2D eigenvalue weighted by molar-refractivity contribution is 6.65. The second-order valence-corrected chi connectivity index (χ2v) is 2.12. The van der Waals surface area contributed by atoms with Crippen LogP contribution >= 0.6 is 0 Å². The maximum atomic E-state index is 4.13. The SMILES string of the molecule is CC1N=CC2=NC=NC2=N1. The molecule has 0 aromatic carbocycles. The van der Waals surface area contributed by atoms with Gasteiger partial charge in [0, 0.05) is 0 Å². The number of rotatable bonds is 0. The lowest BCUT2D eigenvalue weighted by molar-refractivity contribution is 0.797. The van der Waals surface area contributed by atoms with Crippen molar-refractivity contribution in [2.75, 3.05) is 0 Å². The van der Waals surface area contributed by atoms with E-state index in [9.17, 15) is 0 Å². The molecule has 0 N–H and O–H groups in total. The predicted molar refractivity (Wildman–Crippen MR) is 41.3 cm³/mol. The van der Waals surface area contributed by atoms with Crippen molar-refractivity contribution in [3.8, 4) is 0 Å². The summed E-state index contributed by atoms with van der Waals surface area (Å²) in [5.41, 5.74) is 0.776. The largest absolute Gasteiger partial charge is 0.264 e. The Labute approximate surface area is 58.1 Å². The van der Waals surface area contributed by atoms with Crippen LogP contribution in [0.4, 0.5) is 0 Å². The molecule has 4 nitrogen and oxygen atoms in total. The van der Waals surface area contributed by atoms with E-state index in [4.69, 9.17) is 0 Å². The van der Waals surface area contributed by atoms with Crippen molar-refractivity contribution in [3.63, 3.8) is 0 Å². The lowest BCUT2D eigenvalue weighted by atomic mass is 10.3. The molecule has 0 fully saturated rings. The number of hydrogen-bond donors (Lipinski definition) is 0. The van der Waals surface area contributed by atoms with E-state index in [1.165, 1.54) is 6.34 Å². The van der Waals surface area contributed by atoms with Crippen molar-refractivity contribution >= 4 is 24.1 Å². The maximum Gasteiger partial charge on any atom is 0.178 e. The van der Waals surface area contributed by atoms with Crippen LogP contribution in [-0.2, 0) is 0 Å². The Morgan fingerprint density at radius 1 is 1.50 bits per heavy atom. The Kier molecular flexibility index (Phi) is 1.00. The molecule has 0 spiro atoms. The molecular formula is C6H6N4. The van der Waals surface area contributed by atoms with Gasteiger partial charge in [-0.2, -0.15) is 0 Å². The summed E-state index contributed by atoms with van der Waals surface area (Å²) >= 11 is 0. The summed E-state index contributed by atoms with van der Waals surface area (Å²) in [5.74, 6) is 0.711. The number of hydrogen-bond acceptors (Lipinski definition) is 4. The first-order chi connectivity index (χ1) is 4.86. The van der Waals surface area contributed by atoms with Crippen molar-refractivity contribution in [3.05, 3.63) is 0 Å². The molecule has 1 atom stereocenters. The molecule has 0 saturated heterocycles. The Morgan fingerprint density at radius 2 is 2.40 bits per heavy atom. The van der Waals surface area contributed by atoms with Gasteiger partial charge in [-0.25, -0.2) is 15.0 Å². The second-order valence-electron chi connectivity index (χ2n) is 2.12. The van der Waals surface area contributed by atoms with Crippen LogP contribution in [0.15, 0.2) is 20.0 Å². The summed E-state index contributed by atoms with van der Waals surface area (Å²) in [5, 5.41) is 0. The van der Waals surface area contributed by atoms with Crippen LogP contribution in [0.5, 0.6) is 0 Å². The van der Waals surface area contributed by atoms with Crippen LogP contribution in [0.25, 0.3) is 0 Å². The fraction of sp³-hybridized carbons (Fsp3) is 0.333. The van der Waals surface area contributed by atoms with E-state index in [0.717, 1.165) is 5.71 Å². The molecule has 2 heterocycles. The van der Waals surface area contributed by atoms with Gasteiger partial charge >= 0.3 is 0 Å². The number of amidine groups is 1. The highest BCUT2D eigenvalue weighted by Crippen LogP contribution is 2.03. The van der Waals surface area contributed by atoms with E-state index in [-0.39, 0.29) is 6.17 Å². The standard InChI is InChI=1S/C6H6N4/c1-4-7-2-5-6(10-4)9-3-8-5/h2-4H,1H3. The molecule has 0 aromatic heterocycles. The Bertz CT molecular complexity index is 271. The van der Waals surface area contributed by atoms with Gasteiger partial charge in [0.1, 0.15) is 18.2 Å². The molecule has 0 saturated carbocycles. The molecule has 0 aliphatic carbocycles. The summed E-state index contributed by atoms with van der Waals surface area (Å²) in [6, 6.07) is 0. The minimum atomic E-state index is 0.00389. The van der Waals surface area contributed by atoms with Gasteiger partial charge in [0.25, 0.3) is 0 Å². The minimum Gasteiger partial charge on any atom is -0.264 e. The molecule has 0 aromatic rings. The molecule has 0 amide bonds. The highest BCUT2D eigenvalue weighted by Gasteiger charge is 2.14. The Balaban J connectivity index is 2.41. The summed E-state index contributed by atoms with van der Waals surface area (Å²) in [7, 11) is 0. The van der Waals surface area contributed by atoms with Gasteiger partial charge in [0.15, 0.2) is 5.84 Å². The van der Waals surface area contributed by atoms with Crippen molar-refractivity contribution in [1.29, 1.82) is 0 Å². The molecule has 2 rings (SSSR count). The molecule has 10 heavy (non-hydrogen) atoms. The summed E-state index contributed by atoms with van der Waals surface area (Å²) in [4.78, 5) is 16.1. The Hall–Kier alpha value is -1.32. The fourth-order valence-corrected chi connectivity index (χ4v) is 0.849. The summed E-state index contributed by atoms with van der Waals surface area (Å²) in [6.07, 6.45) is 3.21. The van der Waals surface area contributed by atoms with Crippen molar-refractivity contribution < 1.29 is 0 Å². The van der Waals surface area contributed by atoms with E-state index in [0.29, 0.717) is 5.84 Å². The lowest BCUT2D eigenvalue weighted by Gasteiger charge is -2.05. The molecule has 50 valence electrons. The van der Waals surface area contributed by atoms with Crippen LogP contribution in [0.3, 0.4) is 0 Å². The third-order valence-corrected chi connectivity index (χ3v) is 1.33. The molecule has 4 heteroatoms. The van der Waals surface area contributed by atoms with E-state index in [2.05, 4.69) is 20.0 Å². The van der Waals surface area contributed by atoms with Crippen molar-refractivity contribution in [1.82, 2.24) is 0 Å². The van der Waals surface area contributed by atoms with E-state index >= 15 is 0 Å². The van der Waals surface area contributed by atoms with Gasteiger partial charge < -0.3 is 0 Å². The van der Waals surface area contributed by atoms with E-state index < -0.39 is 0 Å². The number of aliphatic imine (C=N–C) groups is 4. The topological polar surface area (TPSA) is 49.4 Å². The zero-order valence-corrected chi connectivity index (χ0v) is 5.52. The van der Waals surface area contributed by atoms with E-state index in [1.807, 2.05) is 6.92 Å². The minimum absolute atomic E-state index is 0.00389. The third-order valence-electron chi connectivity index (χ3n) is 1.33. The molecule has 2 aliphatic rings. The van der Waals surface area contributed by atoms with Gasteiger partial charge in [0.2, 0.25) is 0 Å².